The zero-order valence-electron chi connectivity index (χ0n) is 9.10. The third kappa shape index (κ3) is 2.23. The van der Waals surface area contributed by atoms with Crippen molar-refractivity contribution in [2.45, 2.75) is 40.7 Å². The van der Waals surface area contributed by atoms with Gasteiger partial charge in [-0.2, -0.15) is 5.10 Å². The summed E-state index contributed by atoms with van der Waals surface area (Å²) in [6.07, 6.45) is 0. The number of aromatic nitrogens is 2. The Bertz CT molecular complexity index is 256. The number of rotatable bonds is 3. The molecule has 0 saturated carbocycles. The van der Waals surface area contributed by atoms with Crippen molar-refractivity contribution >= 4 is 5.69 Å². The highest BCUT2D eigenvalue weighted by Gasteiger charge is 2.11. The van der Waals surface area contributed by atoms with Crippen LogP contribution in [0.1, 0.15) is 32.2 Å². The maximum absolute atomic E-state index is 4.14. The van der Waals surface area contributed by atoms with E-state index < -0.39 is 0 Å². The van der Waals surface area contributed by atoms with Crippen LogP contribution in [-0.4, -0.2) is 16.2 Å². The second-order valence-corrected chi connectivity index (χ2v) is 3.99. The second kappa shape index (κ2) is 3.81. The third-order valence-corrected chi connectivity index (χ3v) is 2.50. The predicted octanol–water partition coefficient (Wildman–Crippen LogP) is 2.48. The Morgan fingerprint density at radius 3 is 2.23 bits per heavy atom. The van der Waals surface area contributed by atoms with E-state index in [1.54, 1.807) is 0 Å². The van der Waals surface area contributed by atoms with E-state index in [1.807, 2.05) is 13.8 Å². The van der Waals surface area contributed by atoms with E-state index in [4.69, 9.17) is 0 Å². The van der Waals surface area contributed by atoms with Crippen LogP contribution in [-0.2, 0) is 0 Å². The van der Waals surface area contributed by atoms with Gasteiger partial charge < -0.3 is 5.32 Å². The molecule has 0 spiro atoms. The molecule has 3 heteroatoms. The summed E-state index contributed by atoms with van der Waals surface area (Å²) in [5.74, 6) is 0.633. The smallest absolute Gasteiger partial charge is 0.0825 e. The number of anilines is 1. The molecule has 2 N–H and O–H groups in total. The van der Waals surface area contributed by atoms with Crippen molar-refractivity contribution in [2.75, 3.05) is 5.32 Å². The average molecular weight is 181 g/mol. The SMILES string of the molecule is Cc1n[nH]c(C)c1NC(C)C(C)C. The van der Waals surface area contributed by atoms with E-state index in [0.29, 0.717) is 12.0 Å². The number of nitrogens with one attached hydrogen (secondary N) is 2. The van der Waals surface area contributed by atoms with E-state index in [-0.39, 0.29) is 0 Å². The van der Waals surface area contributed by atoms with E-state index >= 15 is 0 Å². The van der Waals surface area contributed by atoms with Crippen LogP contribution >= 0.6 is 0 Å². The lowest BCUT2D eigenvalue weighted by Gasteiger charge is -2.18. The van der Waals surface area contributed by atoms with Crippen molar-refractivity contribution in [3.8, 4) is 0 Å². The number of aryl methyl sites for hydroxylation is 2. The zero-order chi connectivity index (χ0) is 10.0. The molecule has 1 heterocycles. The molecule has 74 valence electrons. The minimum absolute atomic E-state index is 0.481. The number of hydrogen-bond acceptors (Lipinski definition) is 2. The molecule has 1 rings (SSSR count). The molecule has 0 aliphatic heterocycles. The van der Waals surface area contributed by atoms with Gasteiger partial charge in [-0.05, 0) is 26.7 Å². The van der Waals surface area contributed by atoms with Crippen LogP contribution in [0.5, 0.6) is 0 Å². The summed E-state index contributed by atoms with van der Waals surface area (Å²) >= 11 is 0. The number of aromatic amines is 1. The van der Waals surface area contributed by atoms with Gasteiger partial charge >= 0.3 is 0 Å². The van der Waals surface area contributed by atoms with Crippen LogP contribution in [0.25, 0.3) is 0 Å². The predicted molar refractivity (Wildman–Crippen MR) is 56.0 cm³/mol. The van der Waals surface area contributed by atoms with Crippen molar-refractivity contribution in [2.24, 2.45) is 5.92 Å². The molecule has 0 amide bonds. The Morgan fingerprint density at radius 1 is 1.23 bits per heavy atom. The van der Waals surface area contributed by atoms with Crippen LogP contribution < -0.4 is 5.32 Å². The molecule has 0 saturated heterocycles. The summed E-state index contributed by atoms with van der Waals surface area (Å²) in [7, 11) is 0. The molecule has 0 aliphatic rings. The highest BCUT2D eigenvalue weighted by molar-refractivity contribution is 5.51. The highest BCUT2D eigenvalue weighted by Crippen LogP contribution is 2.18. The fourth-order valence-electron chi connectivity index (χ4n) is 1.16. The van der Waals surface area contributed by atoms with Gasteiger partial charge in [0, 0.05) is 6.04 Å². The van der Waals surface area contributed by atoms with Crippen molar-refractivity contribution in [3.05, 3.63) is 11.4 Å². The maximum atomic E-state index is 4.14. The van der Waals surface area contributed by atoms with Crippen molar-refractivity contribution in [1.29, 1.82) is 0 Å². The molecule has 0 bridgehead atoms. The van der Waals surface area contributed by atoms with Crippen LogP contribution in [0.3, 0.4) is 0 Å². The van der Waals surface area contributed by atoms with Gasteiger partial charge in [-0.25, -0.2) is 0 Å². The van der Waals surface area contributed by atoms with Gasteiger partial charge in [0.25, 0.3) is 0 Å². The van der Waals surface area contributed by atoms with E-state index in [1.165, 1.54) is 0 Å². The standard InChI is InChI=1S/C10H19N3/c1-6(2)7(3)11-10-8(4)12-13-9(10)5/h6-7,11H,1-5H3,(H,12,13). The Balaban J connectivity index is 2.73. The van der Waals surface area contributed by atoms with Gasteiger partial charge in [-0.15, -0.1) is 0 Å². The lowest BCUT2D eigenvalue weighted by molar-refractivity contribution is 0.559. The summed E-state index contributed by atoms with van der Waals surface area (Å²) in [6.45, 7) is 10.7. The van der Waals surface area contributed by atoms with Gasteiger partial charge in [0.15, 0.2) is 0 Å². The van der Waals surface area contributed by atoms with Crippen LogP contribution in [0.2, 0.25) is 0 Å². The summed E-state index contributed by atoms with van der Waals surface area (Å²) in [4.78, 5) is 0. The quantitative estimate of drug-likeness (QED) is 0.752. The van der Waals surface area contributed by atoms with Gasteiger partial charge in [0.1, 0.15) is 0 Å². The normalized spacial score (nSPS) is 13.4. The average Bonchev–Trinajstić information content (AvgIpc) is 2.35. The molecule has 0 aromatic carbocycles. The summed E-state index contributed by atoms with van der Waals surface area (Å²) in [5.41, 5.74) is 3.32. The number of hydrogen-bond donors (Lipinski definition) is 2. The first-order valence-electron chi connectivity index (χ1n) is 4.80. The molecular formula is C10H19N3. The molecule has 0 fully saturated rings. The number of H-pyrrole nitrogens is 1. The van der Waals surface area contributed by atoms with E-state index in [0.717, 1.165) is 17.1 Å². The Labute approximate surface area is 79.9 Å². The monoisotopic (exact) mass is 181 g/mol. The van der Waals surface area contributed by atoms with E-state index in [2.05, 4.69) is 36.3 Å². The summed E-state index contributed by atoms with van der Waals surface area (Å²) in [5, 5.41) is 10.6. The van der Waals surface area contributed by atoms with Gasteiger partial charge in [-0.3, -0.25) is 5.10 Å². The van der Waals surface area contributed by atoms with Crippen molar-refractivity contribution in [1.82, 2.24) is 10.2 Å². The fourth-order valence-corrected chi connectivity index (χ4v) is 1.16. The third-order valence-electron chi connectivity index (χ3n) is 2.50. The topological polar surface area (TPSA) is 40.7 Å². The molecule has 0 aliphatic carbocycles. The molecule has 1 unspecified atom stereocenters. The molecular weight excluding hydrogens is 162 g/mol. The second-order valence-electron chi connectivity index (χ2n) is 3.99. The van der Waals surface area contributed by atoms with Crippen LogP contribution in [0.15, 0.2) is 0 Å². The Kier molecular flexibility index (Phi) is 2.96. The zero-order valence-corrected chi connectivity index (χ0v) is 9.10. The molecule has 13 heavy (non-hydrogen) atoms. The fraction of sp³-hybridized carbons (Fsp3) is 0.700. The largest absolute Gasteiger partial charge is 0.379 e. The van der Waals surface area contributed by atoms with Crippen LogP contribution in [0, 0.1) is 19.8 Å². The van der Waals surface area contributed by atoms with Gasteiger partial charge in [-0.1, -0.05) is 13.8 Å². The molecule has 1 atom stereocenters. The summed E-state index contributed by atoms with van der Waals surface area (Å²) < 4.78 is 0. The Morgan fingerprint density at radius 2 is 1.85 bits per heavy atom. The molecule has 1 aromatic heterocycles. The minimum atomic E-state index is 0.481. The lowest BCUT2D eigenvalue weighted by Crippen LogP contribution is -2.22. The highest BCUT2D eigenvalue weighted by atomic mass is 15.2. The van der Waals surface area contributed by atoms with E-state index in [9.17, 15) is 0 Å². The molecule has 0 radical (unpaired) electrons. The lowest BCUT2D eigenvalue weighted by atomic mass is 10.1. The number of nitrogens with zero attached hydrogens (tertiary/aromatic N) is 1. The maximum Gasteiger partial charge on any atom is 0.0825 e. The van der Waals surface area contributed by atoms with Crippen LogP contribution in [0.4, 0.5) is 5.69 Å². The van der Waals surface area contributed by atoms with Gasteiger partial charge in [0.2, 0.25) is 0 Å². The summed E-state index contributed by atoms with van der Waals surface area (Å²) in [6, 6.07) is 0.481. The first kappa shape index (κ1) is 10.1. The Hall–Kier alpha value is -0.990. The van der Waals surface area contributed by atoms with Crippen molar-refractivity contribution in [3.63, 3.8) is 0 Å². The molecule has 3 nitrogen and oxygen atoms in total. The first-order valence-corrected chi connectivity index (χ1v) is 4.80. The van der Waals surface area contributed by atoms with Crippen molar-refractivity contribution < 1.29 is 0 Å². The molecule has 1 aromatic rings. The minimum Gasteiger partial charge on any atom is -0.379 e. The first-order chi connectivity index (χ1) is 6.02. The van der Waals surface area contributed by atoms with Gasteiger partial charge in [0.05, 0.1) is 17.1 Å².